The van der Waals surface area contributed by atoms with E-state index in [9.17, 15) is 5.11 Å². The van der Waals surface area contributed by atoms with Crippen LogP contribution in [0.2, 0.25) is 0 Å². The van der Waals surface area contributed by atoms with Gasteiger partial charge in [-0.1, -0.05) is 19.3 Å². The van der Waals surface area contributed by atoms with Crippen molar-refractivity contribution in [1.82, 2.24) is 5.32 Å². The van der Waals surface area contributed by atoms with Gasteiger partial charge in [-0.2, -0.15) is 11.8 Å². The zero-order chi connectivity index (χ0) is 11.1. The van der Waals surface area contributed by atoms with Crippen molar-refractivity contribution in [3.8, 4) is 0 Å². The van der Waals surface area contributed by atoms with E-state index in [0.717, 1.165) is 12.3 Å². The summed E-state index contributed by atoms with van der Waals surface area (Å²) in [6.45, 7) is 3.57. The third-order valence-corrected chi connectivity index (χ3v) is 4.33. The van der Waals surface area contributed by atoms with Crippen molar-refractivity contribution in [1.29, 1.82) is 0 Å². The van der Waals surface area contributed by atoms with Gasteiger partial charge in [0.2, 0.25) is 0 Å². The molecule has 0 amide bonds. The third kappa shape index (κ3) is 4.33. The van der Waals surface area contributed by atoms with Crippen molar-refractivity contribution in [2.24, 2.45) is 5.41 Å². The summed E-state index contributed by atoms with van der Waals surface area (Å²) in [7, 11) is 0. The van der Waals surface area contributed by atoms with Gasteiger partial charge < -0.3 is 10.4 Å². The number of hydrogen-bond donors (Lipinski definition) is 2. The lowest BCUT2D eigenvalue weighted by atomic mass is 9.74. The SMILES string of the molecule is CSCC(C)NCC1(CO)CCCCC1. The van der Waals surface area contributed by atoms with E-state index in [-0.39, 0.29) is 5.41 Å². The lowest BCUT2D eigenvalue weighted by Gasteiger charge is -2.36. The summed E-state index contributed by atoms with van der Waals surface area (Å²) < 4.78 is 0. The molecule has 0 radical (unpaired) electrons. The number of aliphatic hydroxyl groups excluding tert-OH is 1. The molecule has 1 fully saturated rings. The Kier molecular flexibility index (Phi) is 6.02. The molecule has 2 N–H and O–H groups in total. The Labute approximate surface area is 98.2 Å². The minimum absolute atomic E-state index is 0.185. The van der Waals surface area contributed by atoms with Crippen LogP contribution in [0.5, 0.6) is 0 Å². The third-order valence-electron chi connectivity index (χ3n) is 3.49. The number of aliphatic hydroxyl groups is 1. The molecule has 1 unspecified atom stereocenters. The van der Waals surface area contributed by atoms with Crippen molar-refractivity contribution < 1.29 is 5.11 Å². The Morgan fingerprint density at radius 1 is 1.33 bits per heavy atom. The molecule has 0 aromatic heterocycles. The summed E-state index contributed by atoms with van der Waals surface area (Å²) in [6.07, 6.45) is 8.46. The average molecular weight is 231 g/mol. The molecule has 0 saturated heterocycles. The van der Waals surface area contributed by atoms with Crippen LogP contribution in [0.3, 0.4) is 0 Å². The molecule has 0 bridgehead atoms. The van der Waals surface area contributed by atoms with E-state index in [1.165, 1.54) is 32.1 Å². The molecule has 0 heterocycles. The average Bonchev–Trinajstić information content (AvgIpc) is 2.28. The molecule has 0 aromatic rings. The quantitative estimate of drug-likeness (QED) is 0.735. The molecule has 15 heavy (non-hydrogen) atoms. The van der Waals surface area contributed by atoms with Gasteiger partial charge in [0.15, 0.2) is 0 Å². The van der Waals surface area contributed by atoms with Crippen molar-refractivity contribution in [2.45, 2.75) is 45.1 Å². The van der Waals surface area contributed by atoms with Gasteiger partial charge in [0.05, 0.1) is 0 Å². The molecular formula is C12H25NOS. The second-order valence-corrected chi connectivity index (χ2v) is 5.87. The van der Waals surface area contributed by atoms with Gasteiger partial charge in [-0.15, -0.1) is 0 Å². The fraction of sp³-hybridized carbons (Fsp3) is 1.00. The summed E-state index contributed by atoms with van der Waals surface area (Å²) in [6, 6.07) is 0.561. The number of nitrogens with one attached hydrogen (secondary N) is 1. The Morgan fingerprint density at radius 3 is 2.53 bits per heavy atom. The van der Waals surface area contributed by atoms with Crippen molar-refractivity contribution >= 4 is 11.8 Å². The van der Waals surface area contributed by atoms with E-state index < -0.39 is 0 Å². The van der Waals surface area contributed by atoms with E-state index in [4.69, 9.17) is 0 Å². The monoisotopic (exact) mass is 231 g/mol. The van der Waals surface area contributed by atoms with Gasteiger partial charge in [0.25, 0.3) is 0 Å². The summed E-state index contributed by atoms with van der Waals surface area (Å²) in [5, 5.41) is 13.1. The predicted molar refractivity (Wildman–Crippen MR) is 68.5 cm³/mol. The van der Waals surface area contributed by atoms with Crippen LogP contribution in [0.15, 0.2) is 0 Å². The van der Waals surface area contributed by atoms with Crippen molar-refractivity contribution in [2.75, 3.05) is 25.2 Å². The fourth-order valence-corrected chi connectivity index (χ4v) is 3.01. The molecule has 1 aliphatic carbocycles. The van der Waals surface area contributed by atoms with Crippen LogP contribution in [0, 0.1) is 5.41 Å². The normalized spacial score (nSPS) is 22.6. The second kappa shape index (κ2) is 6.77. The molecule has 1 atom stereocenters. The molecule has 1 aliphatic rings. The van der Waals surface area contributed by atoms with Gasteiger partial charge in [-0.05, 0) is 26.0 Å². The van der Waals surface area contributed by atoms with E-state index in [1.807, 2.05) is 11.8 Å². The van der Waals surface area contributed by atoms with E-state index in [1.54, 1.807) is 0 Å². The number of thioether (sulfide) groups is 1. The Balaban J connectivity index is 2.32. The maximum absolute atomic E-state index is 9.54. The van der Waals surface area contributed by atoms with E-state index in [2.05, 4.69) is 18.5 Å². The van der Waals surface area contributed by atoms with E-state index >= 15 is 0 Å². The topological polar surface area (TPSA) is 32.3 Å². The maximum atomic E-state index is 9.54. The summed E-state index contributed by atoms with van der Waals surface area (Å²) in [4.78, 5) is 0. The molecule has 1 rings (SSSR count). The van der Waals surface area contributed by atoms with Crippen LogP contribution in [-0.2, 0) is 0 Å². The summed E-state index contributed by atoms with van der Waals surface area (Å²) >= 11 is 1.88. The number of rotatable bonds is 6. The molecule has 0 aliphatic heterocycles. The van der Waals surface area contributed by atoms with Crippen LogP contribution < -0.4 is 5.32 Å². The Morgan fingerprint density at radius 2 is 2.00 bits per heavy atom. The zero-order valence-corrected chi connectivity index (χ0v) is 10.9. The molecule has 90 valence electrons. The highest BCUT2D eigenvalue weighted by Gasteiger charge is 2.31. The van der Waals surface area contributed by atoms with Crippen LogP contribution in [-0.4, -0.2) is 36.3 Å². The van der Waals surface area contributed by atoms with Crippen molar-refractivity contribution in [3.63, 3.8) is 0 Å². The summed E-state index contributed by atoms with van der Waals surface area (Å²) in [5.74, 6) is 1.15. The largest absolute Gasteiger partial charge is 0.396 e. The molecule has 0 aromatic carbocycles. The molecule has 0 spiro atoms. The van der Waals surface area contributed by atoms with Gasteiger partial charge in [0, 0.05) is 30.4 Å². The summed E-state index contributed by atoms with van der Waals surface area (Å²) in [5.41, 5.74) is 0.185. The molecule has 2 nitrogen and oxygen atoms in total. The van der Waals surface area contributed by atoms with Crippen LogP contribution in [0.4, 0.5) is 0 Å². The van der Waals surface area contributed by atoms with Gasteiger partial charge in [-0.3, -0.25) is 0 Å². The first-order valence-electron chi connectivity index (χ1n) is 6.06. The Hall–Kier alpha value is 0.270. The standard InChI is InChI=1S/C12H25NOS/c1-11(8-15-2)13-9-12(10-14)6-4-3-5-7-12/h11,13-14H,3-10H2,1-2H3. The van der Waals surface area contributed by atoms with Crippen LogP contribution >= 0.6 is 11.8 Å². The first-order chi connectivity index (χ1) is 7.22. The maximum Gasteiger partial charge on any atom is 0.0499 e. The van der Waals surface area contributed by atoms with Crippen LogP contribution in [0.1, 0.15) is 39.0 Å². The van der Waals surface area contributed by atoms with Crippen molar-refractivity contribution in [3.05, 3.63) is 0 Å². The number of hydrogen-bond acceptors (Lipinski definition) is 3. The fourth-order valence-electron chi connectivity index (χ4n) is 2.39. The second-order valence-electron chi connectivity index (χ2n) is 4.96. The highest BCUT2D eigenvalue weighted by atomic mass is 32.2. The van der Waals surface area contributed by atoms with Gasteiger partial charge in [0.1, 0.15) is 0 Å². The molecule has 3 heteroatoms. The first-order valence-corrected chi connectivity index (χ1v) is 7.45. The lowest BCUT2D eigenvalue weighted by molar-refractivity contribution is 0.0796. The smallest absolute Gasteiger partial charge is 0.0499 e. The highest BCUT2D eigenvalue weighted by molar-refractivity contribution is 7.98. The van der Waals surface area contributed by atoms with Crippen LogP contribution in [0.25, 0.3) is 0 Å². The van der Waals surface area contributed by atoms with Gasteiger partial charge in [-0.25, -0.2) is 0 Å². The lowest BCUT2D eigenvalue weighted by Crippen LogP contribution is -2.42. The molecular weight excluding hydrogens is 206 g/mol. The highest BCUT2D eigenvalue weighted by Crippen LogP contribution is 2.35. The van der Waals surface area contributed by atoms with E-state index in [0.29, 0.717) is 12.6 Å². The molecule has 1 saturated carbocycles. The Bertz CT molecular complexity index is 169. The minimum Gasteiger partial charge on any atom is -0.396 e. The van der Waals surface area contributed by atoms with Gasteiger partial charge >= 0.3 is 0 Å². The zero-order valence-electron chi connectivity index (χ0n) is 10.1. The predicted octanol–water partition coefficient (Wildman–Crippen LogP) is 2.27. The minimum atomic E-state index is 0.185. The first kappa shape index (κ1) is 13.3.